The van der Waals surface area contributed by atoms with Gasteiger partial charge in [-0.3, -0.25) is 0 Å². The maximum atomic E-state index is 2.12. The first-order valence-electron chi connectivity index (χ1n) is 3.58. The molecular weight excluding hydrogens is 181 g/mol. The molecule has 0 aromatic heterocycles. The van der Waals surface area contributed by atoms with Crippen molar-refractivity contribution in [1.82, 2.24) is 0 Å². The van der Waals surface area contributed by atoms with Gasteiger partial charge in [-0.05, 0) is 0 Å². The number of hydrogen-bond donors (Lipinski definition) is 0. The first-order valence-corrected chi connectivity index (χ1v) is 4.63. The molecule has 0 bridgehead atoms. The zero-order valence-corrected chi connectivity index (χ0v) is 8.91. The van der Waals surface area contributed by atoms with E-state index in [1.54, 1.807) is 0 Å². The Morgan fingerprint density at radius 2 is 1.60 bits per heavy atom. The zero-order chi connectivity index (χ0) is 7.98. The van der Waals surface area contributed by atoms with E-state index in [4.69, 9.17) is 0 Å². The molecule has 0 spiro atoms. The van der Waals surface area contributed by atoms with Gasteiger partial charge in [0.2, 0.25) is 0 Å². The molecule has 0 atom stereocenters. The van der Waals surface area contributed by atoms with Crippen molar-refractivity contribution in [2.45, 2.75) is 20.8 Å². The van der Waals surface area contributed by atoms with Crippen LogP contribution in [0.5, 0.6) is 0 Å². The Morgan fingerprint density at radius 3 is 1.90 bits per heavy atom. The predicted molar refractivity (Wildman–Crippen MR) is 47.9 cm³/mol. The van der Waals surface area contributed by atoms with Crippen LogP contribution in [-0.2, 0) is 0 Å². The van der Waals surface area contributed by atoms with Crippen molar-refractivity contribution >= 4 is 20.9 Å². The van der Waals surface area contributed by atoms with E-state index >= 15 is 0 Å². The van der Waals surface area contributed by atoms with Gasteiger partial charge in [-0.2, -0.15) is 0 Å². The molecule has 0 amide bonds. The van der Waals surface area contributed by atoms with Crippen LogP contribution >= 0.6 is 0 Å². The van der Waals surface area contributed by atoms with Crippen LogP contribution in [0.2, 0.25) is 0 Å². The van der Waals surface area contributed by atoms with Gasteiger partial charge in [-0.1, -0.05) is 13.8 Å². The summed E-state index contributed by atoms with van der Waals surface area (Å²) in [5, 5.41) is 0. The van der Waals surface area contributed by atoms with E-state index in [9.17, 15) is 0 Å². The summed E-state index contributed by atoms with van der Waals surface area (Å²) in [6, 6.07) is 8.36. The van der Waals surface area contributed by atoms with Crippen LogP contribution < -0.4 is 4.40 Å². The third-order valence-corrected chi connectivity index (χ3v) is 2.32. The summed E-state index contributed by atoms with van der Waals surface area (Å²) in [6.45, 7) is 6.12. The Labute approximate surface area is 71.9 Å². The van der Waals surface area contributed by atoms with Gasteiger partial charge < -0.3 is 0 Å². The Balaban J connectivity index is 0.000000371. The fraction of sp³-hybridized carbons (Fsp3) is 0.333. The van der Waals surface area contributed by atoms with Gasteiger partial charge in [0.15, 0.2) is 0 Å². The molecule has 0 aliphatic rings. The summed E-state index contributed by atoms with van der Waals surface area (Å²) >= 11 is 2.12. The fourth-order valence-electron chi connectivity index (χ4n) is 0.573. The van der Waals surface area contributed by atoms with Crippen molar-refractivity contribution < 1.29 is 0 Å². The Kier molecular flexibility index (Phi) is 5.41. The van der Waals surface area contributed by atoms with Crippen molar-refractivity contribution in [2.75, 3.05) is 0 Å². The summed E-state index contributed by atoms with van der Waals surface area (Å²) in [4.78, 5) is 0. The van der Waals surface area contributed by atoms with E-state index in [0.717, 1.165) is 0 Å². The molecule has 1 aromatic carbocycles. The number of aryl methyl sites for hydroxylation is 1. The molecule has 0 nitrogen and oxygen atoms in total. The Morgan fingerprint density at radius 1 is 1.10 bits per heavy atom. The maximum absolute atomic E-state index is 2.12. The minimum absolute atomic E-state index is 1.37. The molecule has 1 aromatic rings. The van der Waals surface area contributed by atoms with Gasteiger partial charge in [-0.15, -0.1) is 0 Å². The molecule has 0 N–H and O–H groups in total. The van der Waals surface area contributed by atoms with E-state index in [2.05, 4.69) is 47.7 Å². The van der Waals surface area contributed by atoms with Gasteiger partial charge in [0, 0.05) is 0 Å². The van der Waals surface area contributed by atoms with Gasteiger partial charge in [0.1, 0.15) is 0 Å². The second-order valence-corrected chi connectivity index (χ2v) is 2.95. The standard InChI is InChI=1S/C7H7Ge.C2H6/c1-6-4-2-3-5-7(6)8;1-2/h2-5H,1H3;1-2H3. The summed E-state index contributed by atoms with van der Waals surface area (Å²) in [5.41, 5.74) is 1.37. The van der Waals surface area contributed by atoms with Crippen molar-refractivity contribution in [1.29, 1.82) is 0 Å². The molecule has 0 saturated carbocycles. The molecule has 10 heavy (non-hydrogen) atoms. The van der Waals surface area contributed by atoms with Crippen LogP contribution in [0.15, 0.2) is 24.3 Å². The molecule has 0 unspecified atom stereocenters. The molecule has 1 heteroatoms. The van der Waals surface area contributed by atoms with Crippen molar-refractivity contribution in [3.8, 4) is 0 Å². The van der Waals surface area contributed by atoms with Crippen LogP contribution in [0, 0.1) is 6.92 Å². The third-order valence-electron chi connectivity index (χ3n) is 1.15. The minimum atomic E-state index is 1.37. The molecule has 0 aliphatic carbocycles. The van der Waals surface area contributed by atoms with E-state index in [1.165, 1.54) is 9.96 Å². The molecular formula is C9H13Ge. The Hall–Kier alpha value is -0.237. The SMILES string of the molecule is CC.Cc1cccc[c]1[Ge]. The third kappa shape index (κ3) is 3.06. The van der Waals surface area contributed by atoms with E-state index in [-0.39, 0.29) is 0 Å². The number of hydrogen-bond acceptors (Lipinski definition) is 0. The zero-order valence-electron chi connectivity index (χ0n) is 6.81. The monoisotopic (exact) mass is 195 g/mol. The molecule has 0 saturated heterocycles. The average Bonchev–Trinajstić information content (AvgIpc) is 2.00. The fourth-order valence-corrected chi connectivity index (χ4v) is 0.950. The summed E-state index contributed by atoms with van der Waals surface area (Å²) < 4.78 is 1.37. The van der Waals surface area contributed by atoms with E-state index in [0.29, 0.717) is 0 Å². The van der Waals surface area contributed by atoms with Crippen molar-refractivity contribution in [2.24, 2.45) is 0 Å². The van der Waals surface area contributed by atoms with Crippen molar-refractivity contribution in [3.63, 3.8) is 0 Å². The van der Waals surface area contributed by atoms with Crippen LogP contribution in [0.3, 0.4) is 0 Å². The summed E-state index contributed by atoms with van der Waals surface area (Å²) in [6.07, 6.45) is 0. The first kappa shape index (κ1) is 9.76. The molecule has 53 valence electrons. The van der Waals surface area contributed by atoms with E-state index < -0.39 is 0 Å². The van der Waals surface area contributed by atoms with Gasteiger partial charge in [0.25, 0.3) is 0 Å². The quantitative estimate of drug-likeness (QED) is 0.552. The first-order chi connectivity index (χ1) is 4.80. The summed E-state index contributed by atoms with van der Waals surface area (Å²) in [5.74, 6) is 0. The summed E-state index contributed by atoms with van der Waals surface area (Å²) in [7, 11) is 0. The second-order valence-electron chi connectivity index (χ2n) is 1.81. The van der Waals surface area contributed by atoms with Gasteiger partial charge >= 0.3 is 57.7 Å². The number of benzene rings is 1. The molecule has 0 heterocycles. The Bertz CT molecular complexity index is 161. The van der Waals surface area contributed by atoms with Gasteiger partial charge in [-0.25, -0.2) is 0 Å². The van der Waals surface area contributed by atoms with Crippen LogP contribution in [0.1, 0.15) is 19.4 Å². The van der Waals surface area contributed by atoms with Crippen LogP contribution in [0.25, 0.3) is 0 Å². The second kappa shape index (κ2) is 5.54. The van der Waals surface area contributed by atoms with Crippen LogP contribution in [0.4, 0.5) is 0 Å². The topological polar surface area (TPSA) is 0 Å². The normalized spacial score (nSPS) is 8.00. The predicted octanol–water partition coefficient (Wildman–Crippen LogP) is 1.82. The van der Waals surface area contributed by atoms with Crippen LogP contribution in [-0.4, -0.2) is 16.5 Å². The average molecular weight is 194 g/mol. The number of rotatable bonds is 0. The van der Waals surface area contributed by atoms with Gasteiger partial charge in [0.05, 0.1) is 0 Å². The molecule has 0 aliphatic heterocycles. The van der Waals surface area contributed by atoms with E-state index in [1.807, 2.05) is 13.8 Å². The van der Waals surface area contributed by atoms with Crippen molar-refractivity contribution in [3.05, 3.63) is 29.8 Å². The molecule has 3 radical (unpaired) electrons. The molecule has 1 rings (SSSR count). The molecule has 0 fully saturated rings.